The summed E-state index contributed by atoms with van der Waals surface area (Å²) in [6.45, 7) is 22.5. The van der Waals surface area contributed by atoms with Gasteiger partial charge in [0.15, 0.2) is 0 Å². The zero-order valence-electron chi connectivity index (χ0n) is 29.5. The summed E-state index contributed by atoms with van der Waals surface area (Å²) in [5, 5.41) is 0. The minimum Gasteiger partial charge on any atom is -0.310 e. The molecule has 5 aromatic rings. The molecule has 0 saturated heterocycles. The summed E-state index contributed by atoms with van der Waals surface area (Å²) < 4.78 is 2.04. The molecule has 0 aliphatic carbocycles. The van der Waals surface area contributed by atoms with E-state index >= 15 is 0 Å². The maximum absolute atomic E-state index is 3.92. The number of nitrogens with zero attached hydrogens (tertiary/aromatic N) is 2. The number of benzene rings is 5. The molecule has 0 heterocycles. The van der Waals surface area contributed by atoms with Crippen LogP contribution in [0.25, 0.3) is 0 Å². The molecule has 0 aliphatic rings. The van der Waals surface area contributed by atoms with E-state index in [4.69, 9.17) is 0 Å². The first-order valence-electron chi connectivity index (χ1n) is 16.4. The molecule has 5 aromatic carbocycles. The smallest absolute Gasteiger partial charge is 0.0617 e. The van der Waals surface area contributed by atoms with Gasteiger partial charge in [0.2, 0.25) is 0 Å². The predicted molar refractivity (Wildman–Crippen MR) is 212 cm³/mol. The lowest BCUT2D eigenvalue weighted by Gasteiger charge is -2.31. The first-order chi connectivity index (χ1) is 21.9. The molecule has 0 aromatic heterocycles. The fraction of sp³-hybridized carbons (Fsp3) is 0.302. The Balaban J connectivity index is 1.70. The quantitative estimate of drug-likeness (QED) is 0.170. The molecule has 0 aliphatic heterocycles. The number of anilines is 6. The molecule has 0 fully saturated rings. The van der Waals surface area contributed by atoms with Crippen LogP contribution in [-0.2, 0) is 16.2 Å². The normalized spacial score (nSPS) is 12.3. The molecular weight excluding hydrogens is 704 g/mol. The molecule has 4 heteroatoms. The first kappa shape index (κ1) is 35.0. The third-order valence-corrected chi connectivity index (χ3v) is 10.7. The average Bonchev–Trinajstić information content (AvgIpc) is 2.99. The van der Waals surface area contributed by atoms with Gasteiger partial charge in [-0.1, -0.05) is 105 Å². The first-order valence-corrected chi connectivity index (χ1v) is 18.0. The lowest BCUT2D eigenvalue weighted by molar-refractivity contribution is 0.590. The highest BCUT2D eigenvalue weighted by Gasteiger charge is 2.22. The Kier molecular flexibility index (Phi) is 9.89. The third-order valence-electron chi connectivity index (χ3n) is 8.71. The van der Waals surface area contributed by atoms with E-state index in [0.29, 0.717) is 0 Å². The summed E-state index contributed by atoms with van der Waals surface area (Å²) in [4.78, 5) is 4.71. The zero-order chi connectivity index (χ0) is 34.3. The molecular formula is C43H48Br2N2. The maximum Gasteiger partial charge on any atom is 0.0617 e. The molecule has 47 heavy (non-hydrogen) atoms. The van der Waals surface area contributed by atoms with Crippen LogP contribution >= 0.6 is 31.9 Å². The lowest BCUT2D eigenvalue weighted by Crippen LogP contribution is -2.16. The van der Waals surface area contributed by atoms with Crippen LogP contribution in [-0.4, -0.2) is 0 Å². The van der Waals surface area contributed by atoms with Crippen molar-refractivity contribution in [2.24, 2.45) is 0 Å². The van der Waals surface area contributed by atoms with Crippen molar-refractivity contribution in [1.29, 1.82) is 0 Å². The van der Waals surface area contributed by atoms with E-state index in [2.05, 4.69) is 220 Å². The molecule has 2 nitrogen and oxygen atoms in total. The van der Waals surface area contributed by atoms with Gasteiger partial charge in [0.05, 0.1) is 10.2 Å². The zero-order valence-corrected chi connectivity index (χ0v) is 32.7. The van der Waals surface area contributed by atoms with E-state index in [9.17, 15) is 0 Å². The van der Waals surface area contributed by atoms with Crippen molar-refractivity contribution >= 4 is 66.0 Å². The Hall–Kier alpha value is -3.34. The van der Waals surface area contributed by atoms with Crippen molar-refractivity contribution in [2.75, 3.05) is 9.80 Å². The van der Waals surface area contributed by atoms with Crippen LogP contribution in [0.3, 0.4) is 0 Å². The number of aryl methyl sites for hydroxylation is 1. The fourth-order valence-corrected chi connectivity index (χ4v) is 6.82. The van der Waals surface area contributed by atoms with Crippen LogP contribution < -0.4 is 9.80 Å². The minimum atomic E-state index is 0.0712. The van der Waals surface area contributed by atoms with Crippen molar-refractivity contribution in [3.63, 3.8) is 0 Å². The summed E-state index contributed by atoms with van der Waals surface area (Å²) in [6.07, 6.45) is 0. The monoisotopic (exact) mass is 750 g/mol. The highest BCUT2D eigenvalue weighted by molar-refractivity contribution is 9.13. The van der Waals surface area contributed by atoms with Gasteiger partial charge in [-0.05, 0) is 144 Å². The second-order valence-corrected chi connectivity index (χ2v) is 17.3. The fourth-order valence-electron chi connectivity index (χ4n) is 5.85. The van der Waals surface area contributed by atoms with Crippen LogP contribution in [0.15, 0.2) is 118 Å². The Morgan fingerprint density at radius 1 is 0.426 bits per heavy atom. The molecule has 5 rings (SSSR count). The standard InChI is InChI=1S/C43H48Br2N2/c1-29-26-38(44)40(45)39(27-29)47(35-24-18-32(19-25-35)43(8,9)10)37-13-11-12-36(28-37)46(33-20-14-30(15-21-33)41(2,3)4)34-22-16-31(17-23-34)42(5,6)7/h11-28H,1-10H3. The van der Waals surface area contributed by atoms with E-state index in [-0.39, 0.29) is 16.2 Å². The van der Waals surface area contributed by atoms with Crippen LogP contribution in [0.5, 0.6) is 0 Å². The van der Waals surface area contributed by atoms with Gasteiger partial charge >= 0.3 is 0 Å². The van der Waals surface area contributed by atoms with Crippen LogP contribution in [0.4, 0.5) is 34.1 Å². The Morgan fingerprint density at radius 3 is 1.17 bits per heavy atom. The molecule has 0 unspecified atom stereocenters. The van der Waals surface area contributed by atoms with E-state index < -0.39 is 0 Å². The van der Waals surface area contributed by atoms with E-state index in [1.54, 1.807) is 0 Å². The summed E-state index contributed by atoms with van der Waals surface area (Å²) >= 11 is 7.73. The van der Waals surface area contributed by atoms with Crippen molar-refractivity contribution in [1.82, 2.24) is 0 Å². The predicted octanol–water partition coefficient (Wildman–Crippen LogP) is 14.4. The molecule has 244 valence electrons. The molecule has 0 amide bonds. The van der Waals surface area contributed by atoms with Gasteiger partial charge < -0.3 is 9.80 Å². The van der Waals surface area contributed by atoms with E-state index in [1.807, 2.05) is 0 Å². The lowest BCUT2D eigenvalue weighted by atomic mass is 9.86. The maximum atomic E-state index is 3.92. The second-order valence-electron chi connectivity index (χ2n) is 15.7. The van der Waals surface area contributed by atoms with Gasteiger partial charge in [0, 0.05) is 32.9 Å². The number of rotatable bonds is 6. The van der Waals surface area contributed by atoms with Gasteiger partial charge in [0.25, 0.3) is 0 Å². The van der Waals surface area contributed by atoms with Crippen molar-refractivity contribution in [3.05, 3.63) is 140 Å². The Labute approximate surface area is 300 Å². The topological polar surface area (TPSA) is 6.48 Å². The van der Waals surface area contributed by atoms with Crippen LogP contribution in [0.2, 0.25) is 0 Å². The summed E-state index contributed by atoms with van der Waals surface area (Å²) in [6, 6.07) is 40.3. The molecule has 0 radical (unpaired) electrons. The average molecular weight is 753 g/mol. The Bertz CT molecular complexity index is 1780. The summed E-state index contributed by atoms with van der Waals surface area (Å²) in [7, 11) is 0. The van der Waals surface area contributed by atoms with Gasteiger partial charge in [-0.25, -0.2) is 0 Å². The van der Waals surface area contributed by atoms with Crippen molar-refractivity contribution in [2.45, 2.75) is 85.5 Å². The second kappa shape index (κ2) is 13.3. The molecule has 0 saturated carbocycles. The number of halogens is 2. The van der Waals surface area contributed by atoms with Gasteiger partial charge in [-0.15, -0.1) is 0 Å². The molecule has 0 N–H and O–H groups in total. The minimum absolute atomic E-state index is 0.0712. The number of hydrogen-bond donors (Lipinski definition) is 0. The molecule has 0 spiro atoms. The SMILES string of the molecule is Cc1cc(Br)c(Br)c(N(c2ccc(C(C)(C)C)cc2)c2cccc(N(c3ccc(C(C)(C)C)cc3)c3ccc(C(C)(C)C)cc3)c2)c1. The largest absolute Gasteiger partial charge is 0.310 e. The highest BCUT2D eigenvalue weighted by atomic mass is 79.9. The van der Waals surface area contributed by atoms with Crippen LogP contribution in [0, 0.1) is 6.92 Å². The summed E-state index contributed by atoms with van der Waals surface area (Å²) in [5.74, 6) is 0. The Morgan fingerprint density at radius 2 is 0.787 bits per heavy atom. The molecule has 0 atom stereocenters. The highest BCUT2D eigenvalue weighted by Crippen LogP contribution is 2.45. The van der Waals surface area contributed by atoms with Crippen LogP contribution in [0.1, 0.15) is 84.6 Å². The van der Waals surface area contributed by atoms with Gasteiger partial charge in [-0.3, -0.25) is 0 Å². The van der Waals surface area contributed by atoms with Gasteiger partial charge in [-0.2, -0.15) is 0 Å². The molecule has 0 bridgehead atoms. The van der Waals surface area contributed by atoms with E-state index in [0.717, 1.165) is 43.1 Å². The summed E-state index contributed by atoms with van der Waals surface area (Å²) in [5.41, 5.74) is 11.9. The van der Waals surface area contributed by atoms with Crippen molar-refractivity contribution < 1.29 is 0 Å². The third kappa shape index (κ3) is 7.87. The van der Waals surface area contributed by atoms with Crippen molar-refractivity contribution in [3.8, 4) is 0 Å². The number of hydrogen-bond acceptors (Lipinski definition) is 2. The van der Waals surface area contributed by atoms with Gasteiger partial charge in [0.1, 0.15) is 0 Å². The van der Waals surface area contributed by atoms with E-state index in [1.165, 1.54) is 22.3 Å².